The van der Waals surface area contributed by atoms with Crippen LogP contribution in [0.25, 0.3) is 22.3 Å². The lowest BCUT2D eigenvalue weighted by Gasteiger charge is -2.13. The van der Waals surface area contributed by atoms with Crippen LogP contribution in [0.1, 0.15) is 11.1 Å². The fourth-order valence-corrected chi connectivity index (χ4v) is 3.17. The van der Waals surface area contributed by atoms with Crippen molar-refractivity contribution in [3.05, 3.63) is 71.8 Å². The van der Waals surface area contributed by atoms with Crippen molar-refractivity contribution in [2.24, 2.45) is 0 Å². The van der Waals surface area contributed by atoms with Gasteiger partial charge in [-0.1, -0.05) is 54.6 Å². The maximum Gasteiger partial charge on any atom is 0.165 e. The van der Waals surface area contributed by atoms with Crippen LogP contribution in [0.3, 0.4) is 0 Å². The van der Waals surface area contributed by atoms with E-state index < -0.39 is 0 Å². The first-order valence-electron chi connectivity index (χ1n) is 6.97. The van der Waals surface area contributed by atoms with E-state index in [-0.39, 0.29) is 11.5 Å². The maximum absolute atomic E-state index is 10.3. The number of hydrogen-bond donors (Lipinski definition) is 2. The average Bonchev–Trinajstić information content (AvgIpc) is 2.87. The molecule has 3 aromatic carbocycles. The molecule has 0 amide bonds. The first-order chi connectivity index (χ1) is 10.3. The third-order valence-corrected chi connectivity index (χ3v) is 4.12. The second-order valence-corrected chi connectivity index (χ2v) is 5.35. The van der Waals surface area contributed by atoms with Crippen LogP contribution in [0.5, 0.6) is 11.5 Å². The minimum Gasteiger partial charge on any atom is -0.504 e. The molecule has 0 unspecified atom stereocenters. The summed E-state index contributed by atoms with van der Waals surface area (Å²) in [7, 11) is 0. The molecule has 21 heavy (non-hydrogen) atoms. The van der Waals surface area contributed by atoms with Crippen LogP contribution >= 0.6 is 0 Å². The third kappa shape index (κ3) is 1.73. The molecular formula is C19H14O2. The Bertz CT molecular complexity index is 836. The fourth-order valence-electron chi connectivity index (χ4n) is 3.17. The molecule has 1 aliphatic rings. The second kappa shape index (κ2) is 4.38. The van der Waals surface area contributed by atoms with Crippen molar-refractivity contribution in [3.63, 3.8) is 0 Å². The van der Waals surface area contributed by atoms with E-state index in [1.165, 1.54) is 5.56 Å². The van der Waals surface area contributed by atoms with E-state index in [1.54, 1.807) is 6.07 Å². The average molecular weight is 274 g/mol. The molecule has 0 bridgehead atoms. The summed E-state index contributed by atoms with van der Waals surface area (Å²) in [5.41, 5.74) is 6.13. The number of aromatic hydroxyl groups is 2. The largest absolute Gasteiger partial charge is 0.504 e. The van der Waals surface area contributed by atoms with E-state index in [9.17, 15) is 10.2 Å². The Hall–Kier alpha value is -2.74. The summed E-state index contributed by atoms with van der Waals surface area (Å²) in [4.78, 5) is 0. The number of rotatable bonds is 1. The van der Waals surface area contributed by atoms with Crippen LogP contribution < -0.4 is 0 Å². The topological polar surface area (TPSA) is 40.5 Å². The lowest BCUT2D eigenvalue weighted by atomic mass is 9.94. The summed E-state index contributed by atoms with van der Waals surface area (Å²) in [5, 5.41) is 20.4. The second-order valence-electron chi connectivity index (χ2n) is 5.35. The molecule has 102 valence electrons. The molecule has 0 saturated carbocycles. The van der Waals surface area contributed by atoms with Gasteiger partial charge in [0.05, 0.1) is 0 Å². The molecule has 3 aromatic rings. The number of fused-ring (bicyclic) bond motifs is 3. The van der Waals surface area contributed by atoms with Gasteiger partial charge in [-0.15, -0.1) is 0 Å². The van der Waals surface area contributed by atoms with E-state index in [1.807, 2.05) is 42.5 Å². The molecule has 0 spiro atoms. The highest BCUT2D eigenvalue weighted by atomic mass is 16.3. The molecule has 0 radical (unpaired) electrons. The van der Waals surface area contributed by atoms with Crippen LogP contribution in [0.4, 0.5) is 0 Å². The zero-order valence-corrected chi connectivity index (χ0v) is 11.4. The third-order valence-electron chi connectivity index (χ3n) is 4.12. The Morgan fingerprint density at radius 1 is 0.762 bits per heavy atom. The van der Waals surface area contributed by atoms with E-state index in [4.69, 9.17) is 0 Å². The van der Waals surface area contributed by atoms with Crippen molar-refractivity contribution in [1.82, 2.24) is 0 Å². The molecule has 0 fully saturated rings. The summed E-state index contributed by atoms with van der Waals surface area (Å²) >= 11 is 0. The van der Waals surface area contributed by atoms with Crippen molar-refractivity contribution < 1.29 is 10.2 Å². The summed E-state index contributed by atoms with van der Waals surface area (Å²) in [6.45, 7) is 0. The minimum atomic E-state index is -0.0655. The van der Waals surface area contributed by atoms with Crippen molar-refractivity contribution in [1.29, 1.82) is 0 Å². The number of phenols is 2. The van der Waals surface area contributed by atoms with Gasteiger partial charge in [0.25, 0.3) is 0 Å². The lowest BCUT2D eigenvalue weighted by molar-refractivity contribution is 0.405. The Morgan fingerprint density at radius 3 is 2.29 bits per heavy atom. The molecule has 0 heterocycles. The van der Waals surface area contributed by atoms with Gasteiger partial charge in [0, 0.05) is 5.56 Å². The first-order valence-corrected chi connectivity index (χ1v) is 6.97. The predicted molar refractivity (Wildman–Crippen MR) is 83.4 cm³/mol. The van der Waals surface area contributed by atoms with Gasteiger partial charge in [0.1, 0.15) is 0 Å². The van der Waals surface area contributed by atoms with Gasteiger partial charge >= 0.3 is 0 Å². The highest BCUT2D eigenvalue weighted by Crippen LogP contribution is 2.49. The standard InChI is InChI=1S/C19H14O2/c20-17-11-15-14-9-5-4-8-13(14)10-16(15)18(19(17)21)12-6-2-1-3-7-12/h1-9,11,20-21H,10H2. The molecule has 4 rings (SSSR count). The van der Waals surface area contributed by atoms with E-state index in [0.29, 0.717) is 0 Å². The summed E-state index contributed by atoms with van der Waals surface area (Å²) < 4.78 is 0. The highest BCUT2D eigenvalue weighted by molar-refractivity contribution is 5.89. The fraction of sp³-hybridized carbons (Fsp3) is 0.0526. The number of benzene rings is 3. The number of phenolic OH excluding ortho intramolecular Hbond substituents is 2. The Labute approximate surface area is 122 Å². The van der Waals surface area contributed by atoms with Gasteiger partial charge < -0.3 is 10.2 Å². The van der Waals surface area contributed by atoms with Gasteiger partial charge in [-0.25, -0.2) is 0 Å². The zero-order valence-electron chi connectivity index (χ0n) is 11.4. The molecule has 0 aliphatic heterocycles. The van der Waals surface area contributed by atoms with Crippen LogP contribution in [0.2, 0.25) is 0 Å². The molecular weight excluding hydrogens is 260 g/mol. The van der Waals surface area contributed by atoms with Gasteiger partial charge in [-0.05, 0) is 40.3 Å². The summed E-state index contributed by atoms with van der Waals surface area (Å²) in [6, 6.07) is 19.6. The molecule has 2 nitrogen and oxygen atoms in total. The highest BCUT2D eigenvalue weighted by Gasteiger charge is 2.25. The zero-order chi connectivity index (χ0) is 14.4. The van der Waals surface area contributed by atoms with Crippen molar-refractivity contribution in [2.75, 3.05) is 0 Å². The monoisotopic (exact) mass is 274 g/mol. The van der Waals surface area contributed by atoms with Crippen LogP contribution in [0.15, 0.2) is 60.7 Å². The normalized spacial score (nSPS) is 12.0. The lowest BCUT2D eigenvalue weighted by Crippen LogP contribution is -1.89. The Balaban J connectivity index is 2.04. The Morgan fingerprint density at radius 2 is 1.48 bits per heavy atom. The minimum absolute atomic E-state index is 0.0345. The smallest absolute Gasteiger partial charge is 0.165 e. The number of hydrogen-bond acceptors (Lipinski definition) is 2. The van der Waals surface area contributed by atoms with Crippen LogP contribution in [-0.4, -0.2) is 10.2 Å². The maximum atomic E-state index is 10.3. The SMILES string of the molecule is Oc1cc2c(c(-c3ccccc3)c1O)Cc1ccccc1-2. The van der Waals surface area contributed by atoms with Gasteiger partial charge in [0.2, 0.25) is 0 Å². The van der Waals surface area contributed by atoms with E-state index in [0.717, 1.165) is 34.2 Å². The van der Waals surface area contributed by atoms with Crippen molar-refractivity contribution >= 4 is 0 Å². The van der Waals surface area contributed by atoms with Crippen molar-refractivity contribution in [3.8, 4) is 33.8 Å². The molecule has 0 aromatic heterocycles. The van der Waals surface area contributed by atoms with E-state index in [2.05, 4.69) is 12.1 Å². The summed E-state index contributed by atoms with van der Waals surface area (Å²) in [6.07, 6.45) is 0.781. The molecule has 2 heteroatoms. The quantitative estimate of drug-likeness (QED) is 0.507. The van der Waals surface area contributed by atoms with Crippen molar-refractivity contribution in [2.45, 2.75) is 6.42 Å². The molecule has 0 atom stereocenters. The summed E-state index contributed by atoms with van der Waals surface area (Å²) in [5.74, 6) is -0.0999. The predicted octanol–water partition coefficient (Wildman–Crippen LogP) is 4.34. The molecule has 0 saturated heterocycles. The Kier molecular flexibility index (Phi) is 2.51. The van der Waals surface area contributed by atoms with Gasteiger partial charge in [-0.2, -0.15) is 0 Å². The van der Waals surface area contributed by atoms with Crippen LogP contribution in [-0.2, 0) is 6.42 Å². The van der Waals surface area contributed by atoms with E-state index >= 15 is 0 Å². The molecule has 1 aliphatic carbocycles. The first kappa shape index (κ1) is 12.0. The van der Waals surface area contributed by atoms with Gasteiger partial charge in [0.15, 0.2) is 11.5 Å². The van der Waals surface area contributed by atoms with Crippen LogP contribution in [0, 0.1) is 0 Å². The molecule has 2 N–H and O–H groups in total. The van der Waals surface area contributed by atoms with Gasteiger partial charge in [-0.3, -0.25) is 0 Å².